The van der Waals surface area contributed by atoms with Crippen LogP contribution in [0.5, 0.6) is 0 Å². The lowest BCUT2D eigenvalue weighted by Gasteiger charge is -2.12. The van der Waals surface area contributed by atoms with Crippen molar-refractivity contribution in [1.82, 2.24) is 9.88 Å². The van der Waals surface area contributed by atoms with Crippen LogP contribution in [0, 0.1) is 19.8 Å². The van der Waals surface area contributed by atoms with Gasteiger partial charge in [-0.2, -0.15) is 0 Å². The van der Waals surface area contributed by atoms with Crippen LogP contribution in [-0.2, 0) is 13.6 Å². The highest BCUT2D eigenvalue weighted by atomic mass is 16.1. The van der Waals surface area contributed by atoms with Crippen molar-refractivity contribution in [1.29, 1.82) is 0 Å². The molecule has 3 heteroatoms. The Morgan fingerprint density at radius 3 is 2.56 bits per heavy atom. The van der Waals surface area contributed by atoms with Crippen LogP contribution in [-0.4, -0.2) is 11.1 Å². The second-order valence-electron chi connectivity index (χ2n) is 4.84. The van der Waals surface area contributed by atoms with Crippen molar-refractivity contribution in [3.8, 4) is 0 Å². The lowest BCUT2D eigenvalue weighted by Crippen LogP contribution is -2.29. The smallest absolute Gasteiger partial charge is 0.255 e. The van der Waals surface area contributed by atoms with Crippen LogP contribution in [0.2, 0.25) is 0 Å². The van der Waals surface area contributed by atoms with Crippen LogP contribution in [0.25, 0.3) is 0 Å². The van der Waals surface area contributed by atoms with Gasteiger partial charge in [0.2, 0.25) is 0 Å². The van der Waals surface area contributed by atoms with E-state index in [2.05, 4.69) is 25.2 Å². The van der Waals surface area contributed by atoms with E-state index in [-0.39, 0.29) is 5.56 Å². The Morgan fingerprint density at radius 1 is 1.38 bits per heavy atom. The van der Waals surface area contributed by atoms with Gasteiger partial charge in [0.05, 0.1) is 0 Å². The van der Waals surface area contributed by atoms with Gasteiger partial charge in [0.1, 0.15) is 0 Å². The van der Waals surface area contributed by atoms with Crippen LogP contribution in [0.1, 0.15) is 30.7 Å². The van der Waals surface area contributed by atoms with Crippen LogP contribution >= 0.6 is 0 Å². The topological polar surface area (TPSA) is 34.0 Å². The average molecular weight is 222 g/mol. The summed E-state index contributed by atoms with van der Waals surface area (Å²) >= 11 is 0. The van der Waals surface area contributed by atoms with Gasteiger partial charge >= 0.3 is 0 Å². The van der Waals surface area contributed by atoms with E-state index in [0.29, 0.717) is 12.5 Å². The van der Waals surface area contributed by atoms with E-state index in [9.17, 15) is 4.79 Å². The molecule has 0 aliphatic carbocycles. The van der Waals surface area contributed by atoms with Gasteiger partial charge in [0.25, 0.3) is 5.56 Å². The maximum atomic E-state index is 12.0. The van der Waals surface area contributed by atoms with E-state index < -0.39 is 0 Å². The number of pyridine rings is 1. The number of hydrogen-bond donors (Lipinski definition) is 1. The molecule has 3 nitrogen and oxygen atoms in total. The molecule has 0 saturated carbocycles. The van der Waals surface area contributed by atoms with Crippen LogP contribution in [0.4, 0.5) is 0 Å². The molecule has 16 heavy (non-hydrogen) atoms. The molecule has 0 bridgehead atoms. The predicted molar refractivity (Wildman–Crippen MR) is 67.7 cm³/mol. The maximum Gasteiger partial charge on any atom is 0.255 e. The van der Waals surface area contributed by atoms with Gasteiger partial charge in [0.15, 0.2) is 0 Å². The Hall–Kier alpha value is -1.09. The fourth-order valence-corrected chi connectivity index (χ4v) is 1.73. The minimum Gasteiger partial charge on any atom is -0.316 e. The van der Waals surface area contributed by atoms with Gasteiger partial charge in [-0.25, -0.2) is 0 Å². The van der Waals surface area contributed by atoms with Crippen molar-refractivity contribution in [3.63, 3.8) is 0 Å². The first kappa shape index (κ1) is 13.0. The molecule has 0 aliphatic heterocycles. The molecule has 0 atom stereocenters. The van der Waals surface area contributed by atoms with Crippen LogP contribution in [0.15, 0.2) is 10.9 Å². The summed E-state index contributed by atoms with van der Waals surface area (Å²) in [5.74, 6) is 0.606. The Balaban J connectivity index is 2.88. The van der Waals surface area contributed by atoms with Crippen molar-refractivity contribution in [3.05, 3.63) is 33.2 Å². The molecule has 1 heterocycles. The molecule has 1 rings (SSSR count). The van der Waals surface area contributed by atoms with E-state index in [1.54, 1.807) is 4.57 Å². The second kappa shape index (κ2) is 5.30. The van der Waals surface area contributed by atoms with Gasteiger partial charge < -0.3 is 9.88 Å². The fraction of sp³-hybridized carbons (Fsp3) is 0.615. The van der Waals surface area contributed by atoms with Gasteiger partial charge in [-0.3, -0.25) is 4.79 Å². The fourth-order valence-electron chi connectivity index (χ4n) is 1.73. The molecule has 1 N–H and O–H groups in total. The Morgan fingerprint density at radius 2 is 2.00 bits per heavy atom. The number of rotatable bonds is 4. The minimum absolute atomic E-state index is 0.119. The molecular weight excluding hydrogens is 200 g/mol. The highest BCUT2D eigenvalue weighted by Crippen LogP contribution is 2.05. The average Bonchev–Trinajstić information content (AvgIpc) is 2.19. The molecule has 90 valence electrons. The number of hydrogen-bond acceptors (Lipinski definition) is 2. The van der Waals surface area contributed by atoms with E-state index in [1.165, 1.54) is 0 Å². The van der Waals surface area contributed by atoms with Crippen LogP contribution in [0.3, 0.4) is 0 Å². The van der Waals surface area contributed by atoms with Crippen molar-refractivity contribution < 1.29 is 0 Å². The number of nitrogens with one attached hydrogen (secondary N) is 1. The van der Waals surface area contributed by atoms with Gasteiger partial charge in [-0.05, 0) is 37.9 Å². The molecule has 0 amide bonds. The third-order valence-corrected chi connectivity index (χ3v) is 2.85. The lowest BCUT2D eigenvalue weighted by molar-refractivity contribution is 0.548. The molecule has 0 fully saturated rings. The molecular formula is C13H22N2O. The lowest BCUT2D eigenvalue weighted by atomic mass is 10.1. The molecule has 1 aromatic heterocycles. The molecule has 0 unspecified atom stereocenters. The monoisotopic (exact) mass is 222 g/mol. The van der Waals surface area contributed by atoms with E-state index >= 15 is 0 Å². The number of aromatic nitrogens is 1. The Bertz CT molecular complexity index is 419. The minimum atomic E-state index is 0.119. The summed E-state index contributed by atoms with van der Waals surface area (Å²) in [7, 11) is 1.82. The third-order valence-electron chi connectivity index (χ3n) is 2.85. The van der Waals surface area contributed by atoms with Gasteiger partial charge in [-0.15, -0.1) is 0 Å². The zero-order chi connectivity index (χ0) is 12.3. The summed E-state index contributed by atoms with van der Waals surface area (Å²) in [6, 6.07) is 2.06. The summed E-state index contributed by atoms with van der Waals surface area (Å²) in [5.41, 5.74) is 3.09. The third kappa shape index (κ3) is 2.95. The maximum absolute atomic E-state index is 12.0. The Labute approximate surface area is 97.5 Å². The summed E-state index contributed by atoms with van der Waals surface area (Å²) in [4.78, 5) is 12.0. The molecule has 0 spiro atoms. The molecule has 0 radical (unpaired) electrons. The van der Waals surface area contributed by atoms with Crippen LogP contribution < -0.4 is 10.9 Å². The molecule has 0 saturated heterocycles. The van der Waals surface area contributed by atoms with E-state index in [1.807, 2.05) is 20.9 Å². The zero-order valence-electron chi connectivity index (χ0n) is 10.9. The largest absolute Gasteiger partial charge is 0.316 e. The normalized spacial score (nSPS) is 11.1. The summed E-state index contributed by atoms with van der Waals surface area (Å²) < 4.78 is 1.71. The number of nitrogens with zero attached hydrogens (tertiary/aromatic N) is 1. The highest BCUT2D eigenvalue weighted by molar-refractivity contribution is 5.25. The summed E-state index contributed by atoms with van der Waals surface area (Å²) in [5, 5.41) is 3.32. The second-order valence-corrected chi connectivity index (χ2v) is 4.84. The van der Waals surface area contributed by atoms with Crippen molar-refractivity contribution >= 4 is 0 Å². The zero-order valence-corrected chi connectivity index (χ0v) is 10.9. The van der Waals surface area contributed by atoms with Crippen molar-refractivity contribution in [2.45, 2.75) is 34.2 Å². The SMILES string of the molecule is Cc1cc(C)n(C)c(=O)c1CNCC(C)C. The first-order valence-corrected chi connectivity index (χ1v) is 5.80. The molecule has 0 aliphatic rings. The Kier molecular flexibility index (Phi) is 4.30. The van der Waals surface area contributed by atoms with Crippen molar-refractivity contribution in [2.75, 3.05) is 6.54 Å². The first-order chi connectivity index (χ1) is 7.43. The highest BCUT2D eigenvalue weighted by Gasteiger charge is 2.07. The quantitative estimate of drug-likeness (QED) is 0.842. The number of aryl methyl sites for hydroxylation is 2. The first-order valence-electron chi connectivity index (χ1n) is 5.80. The van der Waals surface area contributed by atoms with Gasteiger partial charge in [0, 0.05) is 24.8 Å². The molecule has 0 aromatic carbocycles. The summed E-state index contributed by atoms with van der Waals surface area (Å²) in [6.07, 6.45) is 0. The van der Waals surface area contributed by atoms with E-state index in [0.717, 1.165) is 23.4 Å². The van der Waals surface area contributed by atoms with E-state index in [4.69, 9.17) is 0 Å². The van der Waals surface area contributed by atoms with Gasteiger partial charge in [-0.1, -0.05) is 13.8 Å². The summed E-state index contributed by atoms with van der Waals surface area (Å²) in [6.45, 7) is 9.88. The predicted octanol–water partition coefficient (Wildman–Crippen LogP) is 1.75. The molecule has 1 aromatic rings. The van der Waals surface area contributed by atoms with Crippen molar-refractivity contribution in [2.24, 2.45) is 13.0 Å². The standard InChI is InChI=1S/C13H22N2O/c1-9(2)7-14-8-12-10(3)6-11(4)15(5)13(12)16/h6,9,14H,7-8H2,1-5H3.